The maximum atomic E-state index is 6.33. The van der Waals surface area contributed by atoms with Gasteiger partial charge in [-0.15, -0.1) is 34.0 Å². The van der Waals surface area contributed by atoms with Gasteiger partial charge >= 0.3 is 0 Å². The fourth-order valence-electron chi connectivity index (χ4n) is 20.0. The van der Waals surface area contributed by atoms with Crippen molar-refractivity contribution < 1.29 is 4.42 Å². The Balaban J connectivity index is 0.000000112. The quantitative estimate of drug-likeness (QED) is 0.0896. The lowest BCUT2D eigenvalue weighted by Crippen LogP contribution is -1.97. The van der Waals surface area contributed by atoms with Crippen molar-refractivity contribution in [2.45, 2.75) is 0 Å². The van der Waals surface area contributed by atoms with Gasteiger partial charge in [-0.1, -0.05) is 394 Å². The van der Waals surface area contributed by atoms with Crippen LogP contribution in [-0.4, -0.2) is 34.5 Å². The third-order valence-electron chi connectivity index (χ3n) is 27.5. The number of nitrogens with zero attached hydrogens (tertiary/aromatic N) is 7. The summed E-state index contributed by atoms with van der Waals surface area (Å²) in [4.78, 5) is 35.0. The molecule has 0 unspecified atom stereocenters. The van der Waals surface area contributed by atoms with E-state index >= 15 is 0 Å². The van der Waals surface area contributed by atoms with Gasteiger partial charge in [0.2, 0.25) is 0 Å². The van der Waals surface area contributed by atoms with Gasteiger partial charge in [0.25, 0.3) is 0 Å². The Kier molecular flexibility index (Phi) is 23.5. The van der Waals surface area contributed by atoms with Crippen LogP contribution in [0.2, 0.25) is 0 Å². The third-order valence-corrected chi connectivity index (χ3v) is 31.0. The van der Waals surface area contributed by atoms with Crippen LogP contribution in [0.15, 0.2) is 532 Å². The van der Waals surface area contributed by atoms with E-state index in [4.69, 9.17) is 34.3 Å². The zero-order valence-corrected chi connectivity index (χ0v) is 81.9. The van der Waals surface area contributed by atoms with Crippen molar-refractivity contribution in [1.82, 2.24) is 34.5 Å². The Bertz CT molecular complexity index is 9630. The van der Waals surface area contributed by atoms with E-state index in [1.165, 1.54) is 99.9 Å². The number of benzene rings is 20. The van der Waals surface area contributed by atoms with Crippen LogP contribution in [0.1, 0.15) is 0 Å². The van der Waals surface area contributed by atoms with Gasteiger partial charge in [0.15, 0.2) is 17.5 Å². The van der Waals surface area contributed by atoms with E-state index < -0.39 is 0 Å². The van der Waals surface area contributed by atoms with Crippen molar-refractivity contribution in [3.63, 3.8) is 0 Å². The molecule has 0 atom stereocenters. The molecule has 8 heterocycles. The molecular formula is C136H87N7OS3. The zero-order valence-electron chi connectivity index (χ0n) is 79.5. The summed E-state index contributed by atoms with van der Waals surface area (Å²) in [6, 6.07) is 186. The highest BCUT2D eigenvalue weighted by Gasteiger charge is 2.23. The predicted molar refractivity (Wildman–Crippen MR) is 618 cm³/mol. The first-order chi connectivity index (χ1) is 72.8. The summed E-state index contributed by atoms with van der Waals surface area (Å²) in [5.41, 5.74) is 32.6. The average Bonchev–Trinajstić information content (AvgIpc) is 1.59. The minimum atomic E-state index is 0.672. The largest absolute Gasteiger partial charge is 0.456 e. The van der Waals surface area contributed by atoms with Crippen molar-refractivity contribution >= 4 is 119 Å². The summed E-state index contributed by atoms with van der Waals surface area (Å²) >= 11 is 5.47. The molecule has 0 aliphatic heterocycles. The summed E-state index contributed by atoms with van der Waals surface area (Å²) in [6.45, 7) is 0. The Morgan fingerprint density at radius 1 is 0.163 bits per heavy atom. The third kappa shape index (κ3) is 17.9. The minimum Gasteiger partial charge on any atom is -0.456 e. The molecule has 8 nitrogen and oxygen atoms in total. The summed E-state index contributed by atoms with van der Waals surface area (Å²) in [7, 11) is 0. The second-order valence-corrected chi connectivity index (χ2v) is 40.0. The lowest BCUT2D eigenvalue weighted by molar-refractivity contribution is 0.669. The van der Waals surface area contributed by atoms with Crippen LogP contribution in [0.4, 0.5) is 0 Å². The maximum Gasteiger partial charge on any atom is 0.161 e. The van der Waals surface area contributed by atoms with Gasteiger partial charge in [-0.05, 0) is 222 Å². The monoisotopic (exact) mass is 1930 g/mol. The summed E-state index contributed by atoms with van der Waals surface area (Å²) in [5, 5.41) is 10.8. The van der Waals surface area contributed by atoms with E-state index in [1.807, 2.05) is 58.3 Å². The van der Waals surface area contributed by atoms with E-state index in [2.05, 4.69) is 508 Å². The van der Waals surface area contributed by atoms with Crippen molar-refractivity contribution in [2.24, 2.45) is 0 Å². The highest BCUT2D eigenvalue weighted by atomic mass is 32.1. The molecule has 11 heteroatoms. The lowest BCUT2D eigenvalue weighted by Gasteiger charge is -2.13. The Hall–Kier alpha value is -18.6. The fraction of sp³-hybridized carbons (Fsp3) is 0. The molecule has 28 rings (SSSR count). The molecule has 0 saturated heterocycles. The summed E-state index contributed by atoms with van der Waals surface area (Å²) in [5.74, 6) is 2.08. The molecule has 690 valence electrons. The maximum absolute atomic E-state index is 6.33. The normalized spacial score (nSPS) is 11.4. The van der Waals surface area contributed by atoms with Crippen LogP contribution in [0.5, 0.6) is 0 Å². The van der Waals surface area contributed by atoms with Crippen LogP contribution in [0.25, 0.3) is 268 Å². The molecule has 147 heavy (non-hydrogen) atoms. The summed E-state index contributed by atoms with van der Waals surface area (Å²) in [6.07, 6.45) is 0. The van der Waals surface area contributed by atoms with E-state index in [0.717, 1.165) is 151 Å². The Morgan fingerprint density at radius 3 is 0.946 bits per heavy atom. The zero-order chi connectivity index (χ0) is 97.5. The van der Waals surface area contributed by atoms with Crippen molar-refractivity contribution in [2.75, 3.05) is 0 Å². The van der Waals surface area contributed by atoms with E-state index in [9.17, 15) is 0 Å². The second kappa shape index (κ2) is 39.0. The number of furan rings is 1. The molecular weight excluding hydrogens is 1840 g/mol. The topological polar surface area (TPSA) is 95.4 Å². The van der Waals surface area contributed by atoms with Crippen molar-refractivity contribution in [3.8, 4) is 183 Å². The van der Waals surface area contributed by atoms with Crippen LogP contribution < -0.4 is 0 Å². The van der Waals surface area contributed by atoms with Gasteiger partial charge in [0.1, 0.15) is 11.2 Å². The second-order valence-electron chi connectivity index (χ2n) is 36.7. The molecule has 0 saturated carbocycles. The first-order valence-corrected chi connectivity index (χ1v) is 51.7. The molecule has 0 amide bonds. The highest BCUT2D eigenvalue weighted by Crippen LogP contribution is 2.45. The Morgan fingerprint density at radius 2 is 0.483 bits per heavy atom. The first kappa shape index (κ1) is 88.5. The van der Waals surface area contributed by atoms with E-state index in [-0.39, 0.29) is 0 Å². The standard InChI is InChI=1S/C48H31N3S.C46H28N2OS.C42H28N2S/c1-2-11-32(12-3-1)36-14-10-15-37(29-36)43-31-42(33-21-23-34(24-22-33)47-30-38-13-4-9-20-46(38)52-47)49-48(50-43)35-25-27-39(28-26-35)51-44-18-7-5-16-40(44)41-17-6-8-19-45(41)51;1-2-10-29(11-3-1)36-15-7-8-16-37(36)41-28-40(30-18-20-31(21-19-30)45-27-34-14-6-9-17-44(34)50-45)47-46(48-41)35-22-23-42-38(25-35)39-24-32-12-4-5-13-33(32)26-43(39)49-42;1-3-12-29(13-4-1)33-17-11-18-34(26-33)39-28-38(31-22-24-32(25-23-31)41-27-35-16-7-10-21-40(35)45-41)43-42(44-39)37-20-9-8-19-36(37)30-14-5-2-6-15-30/h1-31H;1-28H;1-28H. The number of para-hydroxylation sites is 2. The average molecular weight is 1930 g/mol. The van der Waals surface area contributed by atoms with Gasteiger partial charge in [-0.2, -0.15) is 0 Å². The van der Waals surface area contributed by atoms with Gasteiger partial charge in [0.05, 0.1) is 45.2 Å². The number of hydrogen-bond donors (Lipinski definition) is 0. The lowest BCUT2D eigenvalue weighted by atomic mass is 9.96. The van der Waals surface area contributed by atoms with Gasteiger partial charge in [0, 0.05) is 106 Å². The highest BCUT2D eigenvalue weighted by molar-refractivity contribution is 7.23. The number of aromatic nitrogens is 7. The molecule has 0 spiro atoms. The van der Waals surface area contributed by atoms with Gasteiger partial charge in [-0.25, -0.2) is 29.9 Å². The van der Waals surface area contributed by atoms with Crippen molar-refractivity contribution in [1.29, 1.82) is 0 Å². The van der Waals surface area contributed by atoms with Crippen LogP contribution in [0.3, 0.4) is 0 Å². The molecule has 0 aliphatic rings. The number of fused-ring (bicyclic) bond motifs is 10. The molecule has 20 aromatic carbocycles. The van der Waals surface area contributed by atoms with E-state index in [1.54, 1.807) is 0 Å². The smallest absolute Gasteiger partial charge is 0.161 e. The van der Waals surface area contributed by atoms with Crippen molar-refractivity contribution in [3.05, 3.63) is 528 Å². The molecule has 28 aromatic rings. The molecule has 0 N–H and O–H groups in total. The van der Waals surface area contributed by atoms with Crippen LogP contribution in [0, 0.1) is 0 Å². The minimum absolute atomic E-state index is 0.672. The number of rotatable bonds is 17. The van der Waals surface area contributed by atoms with Crippen LogP contribution >= 0.6 is 34.0 Å². The fourth-order valence-corrected chi connectivity index (χ4v) is 23.3. The molecule has 8 aromatic heterocycles. The number of hydrogen-bond acceptors (Lipinski definition) is 10. The first-order valence-electron chi connectivity index (χ1n) is 49.3. The van der Waals surface area contributed by atoms with E-state index in [0.29, 0.717) is 17.5 Å². The van der Waals surface area contributed by atoms with Gasteiger partial charge < -0.3 is 8.98 Å². The van der Waals surface area contributed by atoms with Crippen LogP contribution in [-0.2, 0) is 0 Å². The Labute approximate surface area is 861 Å². The molecule has 0 bridgehead atoms. The molecule has 0 aliphatic carbocycles. The summed E-state index contributed by atoms with van der Waals surface area (Å²) < 4.78 is 12.6. The SMILES string of the molecule is c1ccc(-c2cccc(-c3cc(-c4ccc(-c5cc6ccccc6s5)cc4)nc(-c4ccc(-n5c6ccccc6c6ccccc65)cc4)n3)c2)cc1.c1ccc(-c2cccc(-c3cc(-c4ccc(-c5cc6ccccc6s5)cc4)nc(-c4ccccc4-c4ccccc4)n3)c2)cc1.c1ccc(-c2ccccc2-c2cc(-c3ccc(-c4cc5ccccc5s4)cc3)nc(-c3ccc4oc5cc6ccccc6cc5c4c3)n2)cc1. The predicted octanol–water partition coefficient (Wildman–Crippen LogP) is 37.9. The molecule has 0 fully saturated rings. The van der Waals surface area contributed by atoms with Gasteiger partial charge in [-0.3, -0.25) is 0 Å². The number of thiophene rings is 3. The molecule has 0 radical (unpaired) electrons.